The van der Waals surface area contributed by atoms with Gasteiger partial charge in [-0.2, -0.15) is 4.57 Å². The minimum absolute atomic E-state index is 0. The van der Waals surface area contributed by atoms with Crippen LogP contribution in [0.3, 0.4) is 0 Å². The van der Waals surface area contributed by atoms with Gasteiger partial charge >= 0.3 is 0 Å². The van der Waals surface area contributed by atoms with Gasteiger partial charge in [0.2, 0.25) is 5.52 Å². The monoisotopic (exact) mass is 286 g/mol. The molecule has 0 radical (unpaired) electrons. The first-order valence-electron chi connectivity index (χ1n) is 6.30. The van der Waals surface area contributed by atoms with E-state index in [1.807, 2.05) is 65.4 Å². The molecule has 1 aromatic heterocycles. The summed E-state index contributed by atoms with van der Waals surface area (Å²) in [5, 5.41) is 9.93. The van der Waals surface area contributed by atoms with Gasteiger partial charge in [0.1, 0.15) is 11.2 Å². The first kappa shape index (κ1) is 14.4. The molecule has 3 nitrogen and oxygen atoms in total. The molecule has 0 amide bonds. The Kier molecular flexibility index (Phi) is 4.32. The van der Waals surface area contributed by atoms with Gasteiger partial charge in [-0.25, -0.2) is 4.98 Å². The topological polar surface area (TPSA) is 37.0 Å². The Balaban J connectivity index is 0.00000147. The molecule has 0 aliphatic heterocycles. The normalized spacial score (nSPS) is 11.9. The number of hydrogen-bond donors (Lipinski definition) is 1. The van der Waals surface area contributed by atoms with E-state index in [9.17, 15) is 5.11 Å². The van der Waals surface area contributed by atoms with Gasteiger partial charge in [-0.05, 0) is 6.07 Å². The zero-order valence-corrected chi connectivity index (χ0v) is 11.8. The number of fused-ring (bicyclic) bond motifs is 1. The van der Waals surface area contributed by atoms with Gasteiger partial charge in [-0.1, -0.05) is 42.5 Å². The van der Waals surface area contributed by atoms with E-state index in [2.05, 4.69) is 4.98 Å². The second-order valence-corrected chi connectivity index (χ2v) is 4.52. The molecule has 1 atom stereocenters. The molecule has 0 bridgehead atoms. The van der Waals surface area contributed by atoms with Gasteiger partial charge in [-0.15, -0.1) is 0 Å². The molecule has 4 heteroatoms. The van der Waals surface area contributed by atoms with E-state index in [-0.39, 0.29) is 12.4 Å². The van der Waals surface area contributed by atoms with Crippen molar-refractivity contribution < 1.29 is 22.1 Å². The largest absolute Gasteiger partial charge is 1.00 e. The molecule has 20 heavy (non-hydrogen) atoms. The molecule has 1 heterocycles. The summed E-state index contributed by atoms with van der Waals surface area (Å²) in [5.41, 5.74) is 3.71. The van der Waals surface area contributed by atoms with E-state index in [1.165, 1.54) is 0 Å². The summed E-state index contributed by atoms with van der Waals surface area (Å²) >= 11 is 0. The molecule has 0 saturated heterocycles. The third-order valence-corrected chi connectivity index (χ3v) is 3.13. The molecular formula is C16H15ClN2O. The molecule has 3 rings (SSSR count). The SMILES string of the molecule is CC(O)[n+]1cc(-c2ccccc2)nc2ccccc21.[Cl-]. The fourth-order valence-electron chi connectivity index (χ4n) is 2.19. The van der Waals surface area contributed by atoms with Crippen molar-refractivity contribution in [3.63, 3.8) is 0 Å². The molecule has 0 aliphatic carbocycles. The third kappa shape index (κ3) is 2.64. The summed E-state index contributed by atoms with van der Waals surface area (Å²) in [4.78, 5) is 4.66. The number of aliphatic hydroxyl groups is 1. The van der Waals surface area contributed by atoms with Crippen LogP contribution >= 0.6 is 0 Å². The van der Waals surface area contributed by atoms with Gasteiger partial charge in [-0.3, -0.25) is 0 Å². The third-order valence-electron chi connectivity index (χ3n) is 3.13. The van der Waals surface area contributed by atoms with Crippen LogP contribution in [0.4, 0.5) is 0 Å². The second-order valence-electron chi connectivity index (χ2n) is 4.52. The van der Waals surface area contributed by atoms with Crippen molar-refractivity contribution in [1.29, 1.82) is 0 Å². The lowest BCUT2D eigenvalue weighted by atomic mass is 10.1. The first-order valence-corrected chi connectivity index (χ1v) is 6.30. The van der Waals surface area contributed by atoms with Gasteiger partial charge < -0.3 is 17.5 Å². The predicted molar refractivity (Wildman–Crippen MR) is 74.3 cm³/mol. The predicted octanol–water partition coefficient (Wildman–Crippen LogP) is -0.296. The maximum Gasteiger partial charge on any atom is 0.257 e. The summed E-state index contributed by atoms with van der Waals surface area (Å²) in [7, 11) is 0. The van der Waals surface area contributed by atoms with E-state index >= 15 is 0 Å². The quantitative estimate of drug-likeness (QED) is 0.657. The molecule has 1 N–H and O–H groups in total. The van der Waals surface area contributed by atoms with Crippen LogP contribution in [0.15, 0.2) is 60.8 Å². The molecule has 102 valence electrons. The highest BCUT2D eigenvalue weighted by Crippen LogP contribution is 2.18. The van der Waals surface area contributed by atoms with Crippen LogP contribution in [0.5, 0.6) is 0 Å². The van der Waals surface area contributed by atoms with Crippen LogP contribution in [-0.4, -0.2) is 10.1 Å². The van der Waals surface area contributed by atoms with E-state index in [0.717, 1.165) is 22.3 Å². The number of aliphatic hydroxyl groups excluding tert-OH is 1. The van der Waals surface area contributed by atoms with Crippen molar-refractivity contribution in [3.8, 4) is 11.3 Å². The van der Waals surface area contributed by atoms with Crippen LogP contribution in [-0.2, 0) is 0 Å². The van der Waals surface area contributed by atoms with Crippen molar-refractivity contribution in [3.05, 3.63) is 60.8 Å². The van der Waals surface area contributed by atoms with Gasteiger partial charge in [0.15, 0.2) is 6.20 Å². The number of para-hydroxylation sites is 2. The number of nitrogens with zero attached hydrogens (tertiary/aromatic N) is 2. The Morgan fingerprint density at radius 1 is 1.00 bits per heavy atom. The highest BCUT2D eigenvalue weighted by molar-refractivity contribution is 5.73. The smallest absolute Gasteiger partial charge is 0.257 e. The fraction of sp³-hybridized carbons (Fsp3) is 0.125. The fourth-order valence-corrected chi connectivity index (χ4v) is 2.19. The molecule has 0 aliphatic rings. The molecule has 0 saturated carbocycles. The lowest BCUT2D eigenvalue weighted by Gasteiger charge is -2.06. The Labute approximate surface area is 123 Å². The Morgan fingerprint density at radius 2 is 1.65 bits per heavy atom. The lowest BCUT2D eigenvalue weighted by molar-refractivity contribution is -0.733. The maximum atomic E-state index is 9.93. The van der Waals surface area contributed by atoms with Crippen molar-refractivity contribution in [2.75, 3.05) is 0 Å². The summed E-state index contributed by atoms with van der Waals surface area (Å²) in [6.45, 7) is 1.75. The van der Waals surface area contributed by atoms with Crippen LogP contribution in [0.25, 0.3) is 22.3 Å². The van der Waals surface area contributed by atoms with E-state index in [0.29, 0.717) is 0 Å². The number of aromatic nitrogens is 2. The molecule has 0 fully saturated rings. The Morgan fingerprint density at radius 3 is 2.35 bits per heavy atom. The molecule has 2 aromatic carbocycles. The van der Waals surface area contributed by atoms with Crippen LogP contribution in [0.1, 0.15) is 13.2 Å². The number of rotatable bonds is 2. The number of hydrogen-bond acceptors (Lipinski definition) is 2. The van der Waals surface area contributed by atoms with Crippen LogP contribution < -0.4 is 17.0 Å². The van der Waals surface area contributed by atoms with E-state index in [1.54, 1.807) is 6.92 Å². The maximum absolute atomic E-state index is 9.93. The summed E-state index contributed by atoms with van der Waals surface area (Å²) in [6, 6.07) is 17.8. The van der Waals surface area contributed by atoms with Crippen molar-refractivity contribution in [2.45, 2.75) is 13.2 Å². The summed E-state index contributed by atoms with van der Waals surface area (Å²) < 4.78 is 1.84. The highest BCUT2D eigenvalue weighted by atomic mass is 35.5. The number of benzene rings is 2. The van der Waals surface area contributed by atoms with Crippen molar-refractivity contribution >= 4 is 11.0 Å². The number of halogens is 1. The molecule has 0 spiro atoms. The van der Waals surface area contributed by atoms with Gasteiger partial charge in [0.25, 0.3) is 6.23 Å². The average molecular weight is 287 g/mol. The molecular weight excluding hydrogens is 272 g/mol. The van der Waals surface area contributed by atoms with Crippen LogP contribution in [0, 0.1) is 0 Å². The van der Waals surface area contributed by atoms with Gasteiger partial charge in [0.05, 0.1) is 0 Å². The minimum Gasteiger partial charge on any atom is -1.00 e. The second kappa shape index (κ2) is 5.99. The van der Waals surface area contributed by atoms with Crippen LogP contribution in [0.2, 0.25) is 0 Å². The van der Waals surface area contributed by atoms with E-state index in [4.69, 9.17) is 0 Å². The lowest BCUT2D eigenvalue weighted by Crippen LogP contribution is -3.00. The zero-order chi connectivity index (χ0) is 13.2. The van der Waals surface area contributed by atoms with Gasteiger partial charge in [0, 0.05) is 18.6 Å². The Hall–Kier alpha value is -1.97. The van der Waals surface area contributed by atoms with Crippen molar-refractivity contribution in [1.82, 2.24) is 4.98 Å². The zero-order valence-electron chi connectivity index (χ0n) is 11.1. The molecule has 1 unspecified atom stereocenters. The Bertz CT molecular complexity index is 714. The summed E-state index contributed by atoms with van der Waals surface area (Å²) in [5.74, 6) is 0. The average Bonchev–Trinajstić information content (AvgIpc) is 2.47. The standard InChI is InChI=1S/C16H15N2O.ClH/c1-12(19)18-11-15(13-7-3-2-4-8-13)17-14-9-5-6-10-16(14)18;/h2-12,19H,1H3;1H/q+1;/p-1. The van der Waals surface area contributed by atoms with Crippen molar-refractivity contribution in [2.24, 2.45) is 0 Å². The van der Waals surface area contributed by atoms with E-state index < -0.39 is 6.23 Å². The summed E-state index contributed by atoms with van der Waals surface area (Å²) in [6.07, 6.45) is 1.30. The highest BCUT2D eigenvalue weighted by Gasteiger charge is 2.17. The molecule has 3 aromatic rings. The first-order chi connectivity index (χ1) is 9.25. The minimum atomic E-state index is -0.588.